The second-order valence-corrected chi connectivity index (χ2v) is 5.91. The van der Waals surface area contributed by atoms with Crippen LogP contribution in [0.25, 0.3) is 0 Å². The summed E-state index contributed by atoms with van der Waals surface area (Å²) in [4.78, 5) is 6.32. The zero-order valence-corrected chi connectivity index (χ0v) is 11.3. The predicted molar refractivity (Wildman–Crippen MR) is 74.9 cm³/mol. The van der Waals surface area contributed by atoms with Crippen molar-refractivity contribution >= 4 is 15.8 Å². The third kappa shape index (κ3) is 3.34. The number of rotatable bonds is 3. The molecule has 100 valence electrons. The fourth-order valence-corrected chi connectivity index (χ4v) is 3.02. The number of aromatic nitrogens is 1. The summed E-state index contributed by atoms with van der Waals surface area (Å²) in [7, 11) is -3.39. The van der Waals surface area contributed by atoms with Crippen LogP contribution in [0.5, 0.6) is 0 Å². The number of terminal acetylenes is 1. The van der Waals surface area contributed by atoms with E-state index in [9.17, 15) is 8.42 Å². The number of anilines is 1. The molecule has 1 aliphatic heterocycles. The Balaban J connectivity index is 2.00. The van der Waals surface area contributed by atoms with Crippen molar-refractivity contribution in [1.82, 2.24) is 9.29 Å². The van der Waals surface area contributed by atoms with Gasteiger partial charge in [0.15, 0.2) is 0 Å². The first-order valence-electron chi connectivity index (χ1n) is 5.92. The normalized spacial score (nSPS) is 17.5. The van der Waals surface area contributed by atoms with Crippen LogP contribution in [0.2, 0.25) is 0 Å². The first-order valence-corrected chi connectivity index (χ1v) is 7.42. The Kier molecular flexibility index (Phi) is 4.20. The van der Waals surface area contributed by atoms with Gasteiger partial charge in [0, 0.05) is 38.5 Å². The van der Waals surface area contributed by atoms with Gasteiger partial charge >= 0.3 is 0 Å². The standard InChI is InChI=1S/C13H15N3O2S/c1-2-3-12-19(17,18)16-10-8-15(9-11-16)13-6-4-5-7-14-13/h1,3-7,12H,8-11H2. The summed E-state index contributed by atoms with van der Waals surface area (Å²) in [6.07, 6.45) is 7.97. The van der Waals surface area contributed by atoms with Crippen LogP contribution in [0, 0.1) is 12.3 Å². The number of allylic oxidation sites excluding steroid dienone is 1. The van der Waals surface area contributed by atoms with E-state index in [0.29, 0.717) is 26.2 Å². The van der Waals surface area contributed by atoms with Crippen molar-refractivity contribution in [3.05, 3.63) is 35.9 Å². The molecule has 0 amide bonds. The number of piperazine rings is 1. The Morgan fingerprint density at radius 1 is 1.26 bits per heavy atom. The van der Waals surface area contributed by atoms with Crippen LogP contribution in [0.15, 0.2) is 35.9 Å². The molecule has 0 saturated carbocycles. The molecule has 1 aliphatic rings. The number of hydrogen-bond donors (Lipinski definition) is 0. The van der Waals surface area contributed by atoms with E-state index >= 15 is 0 Å². The van der Waals surface area contributed by atoms with Gasteiger partial charge in [-0.15, -0.1) is 6.42 Å². The van der Waals surface area contributed by atoms with Crippen molar-refractivity contribution in [3.8, 4) is 12.3 Å². The monoisotopic (exact) mass is 277 g/mol. The van der Waals surface area contributed by atoms with Gasteiger partial charge in [-0.05, 0) is 12.1 Å². The summed E-state index contributed by atoms with van der Waals surface area (Å²) in [5.41, 5.74) is 0. The van der Waals surface area contributed by atoms with E-state index in [2.05, 4.69) is 15.8 Å². The number of sulfonamides is 1. The fourth-order valence-electron chi connectivity index (χ4n) is 1.92. The molecular formula is C13H15N3O2S. The lowest BCUT2D eigenvalue weighted by atomic mass is 10.3. The quantitative estimate of drug-likeness (QED) is 0.762. The van der Waals surface area contributed by atoms with Gasteiger partial charge in [-0.2, -0.15) is 4.31 Å². The molecule has 0 spiro atoms. The average molecular weight is 277 g/mol. The number of pyridine rings is 1. The van der Waals surface area contributed by atoms with Crippen molar-refractivity contribution in [2.45, 2.75) is 0 Å². The Labute approximate surface area is 113 Å². The Hall–Kier alpha value is -1.84. The molecular weight excluding hydrogens is 262 g/mol. The first kappa shape index (κ1) is 13.6. The molecule has 5 nitrogen and oxygen atoms in total. The van der Waals surface area contributed by atoms with Crippen LogP contribution in [-0.2, 0) is 10.0 Å². The van der Waals surface area contributed by atoms with E-state index in [0.717, 1.165) is 11.2 Å². The molecule has 0 N–H and O–H groups in total. The summed E-state index contributed by atoms with van der Waals surface area (Å²) in [6.45, 7) is 2.13. The third-order valence-electron chi connectivity index (χ3n) is 2.91. The summed E-state index contributed by atoms with van der Waals surface area (Å²) in [5, 5.41) is 1.07. The molecule has 0 aliphatic carbocycles. The molecule has 1 fully saturated rings. The molecule has 0 radical (unpaired) electrons. The highest BCUT2D eigenvalue weighted by Crippen LogP contribution is 2.15. The Morgan fingerprint density at radius 2 is 2.00 bits per heavy atom. The van der Waals surface area contributed by atoms with Crippen LogP contribution in [0.1, 0.15) is 0 Å². The summed E-state index contributed by atoms with van der Waals surface area (Å²) in [5.74, 6) is 3.06. The molecule has 1 aromatic rings. The summed E-state index contributed by atoms with van der Waals surface area (Å²) >= 11 is 0. The van der Waals surface area contributed by atoms with Gasteiger partial charge < -0.3 is 4.90 Å². The molecule has 6 heteroatoms. The number of hydrogen-bond acceptors (Lipinski definition) is 4. The molecule has 0 aromatic carbocycles. The maximum Gasteiger partial charge on any atom is 0.236 e. The van der Waals surface area contributed by atoms with E-state index in [1.54, 1.807) is 6.20 Å². The lowest BCUT2D eigenvalue weighted by molar-refractivity contribution is 0.389. The fraction of sp³-hybridized carbons (Fsp3) is 0.308. The minimum Gasteiger partial charge on any atom is -0.354 e. The Bertz CT molecular complexity index is 582. The molecule has 0 atom stereocenters. The maximum absolute atomic E-state index is 11.9. The van der Waals surface area contributed by atoms with Crippen molar-refractivity contribution in [3.63, 3.8) is 0 Å². The number of nitrogens with zero attached hydrogens (tertiary/aromatic N) is 3. The van der Waals surface area contributed by atoms with Crippen molar-refractivity contribution in [1.29, 1.82) is 0 Å². The van der Waals surface area contributed by atoms with Crippen molar-refractivity contribution in [2.24, 2.45) is 0 Å². The Morgan fingerprint density at radius 3 is 2.58 bits per heavy atom. The van der Waals surface area contributed by atoms with E-state index < -0.39 is 10.0 Å². The minimum absolute atomic E-state index is 0.438. The molecule has 2 heterocycles. The molecule has 1 aromatic heterocycles. The largest absolute Gasteiger partial charge is 0.354 e. The van der Waals surface area contributed by atoms with Crippen molar-refractivity contribution in [2.75, 3.05) is 31.1 Å². The highest BCUT2D eigenvalue weighted by Gasteiger charge is 2.25. The zero-order valence-electron chi connectivity index (χ0n) is 10.4. The second kappa shape index (κ2) is 5.87. The van der Waals surface area contributed by atoms with Crippen LogP contribution in [-0.4, -0.2) is 43.9 Å². The van der Waals surface area contributed by atoms with Gasteiger partial charge in [-0.1, -0.05) is 12.0 Å². The van der Waals surface area contributed by atoms with Crippen LogP contribution < -0.4 is 4.90 Å². The van der Waals surface area contributed by atoms with E-state index in [1.165, 1.54) is 10.4 Å². The van der Waals surface area contributed by atoms with Crippen LogP contribution in [0.4, 0.5) is 5.82 Å². The van der Waals surface area contributed by atoms with Crippen molar-refractivity contribution < 1.29 is 8.42 Å². The highest BCUT2D eigenvalue weighted by atomic mass is 32.2. The molecule has 2 rings (SSSR count). The maximum atomic E-state index is 11.9. The van der Waals surface area contributed by atoms with Gasteiger partial charge in [0.1, 0.15) is 5.82 Å². The minimum atomic E-state index is -3.39. The topological polar surface area (TPSA) is 53.5 Å². The zero-order chi connectivity index (χ0) is 13.7. The molecule has 19 heavy (non-hydrogen) atoms. The smallest absolute Gasteiger partial charge is 0.236 e. The molecule has 0 bridgehead atoms. The highest BCUT2D eigenvalue weighted by molar-refractivity contribution is 7.92. The van der Waals surface area contributed by atoms with Gasteiger partial charge in [0.25, 0.3) is 0 Å². The van der Waals surface area contributed by atoms with Crippen LogP contribution >= 0.6 is 0 Å². The first-order chi connectivity index (χ1) is 9.13. The lowest BCUT2D eigenvalue weighted by Gasteiger charge is -2.33. The third-order valence-corrected chi connectivity index (χ3v) is 4.47. The molecule has 0 unspecified atom stereocenters. The van der Waals surface area contributed by atoms with Crippen LogP contribution in [0.3, 0.4) is 0 Å². The van der Waals surface area contributed by atoms with Gasteiger partial charge in [-0.3, -0.25) is 0 Å². The lowest BCUT2D eigenvalue weighted by Crippen LogP contribution is -2.48. The van der Waals surface area contributed by atoms with E-state index in [-0.39, 0.29) is 0 Å². The predicted octanol–water partition coefficient (Wildman–Crippen LogP) is 0.680. The SMILES string of the molecule is C#CC=CS(=O)(=O)N1CCN(c2ccccn2)CC1. The van der Waals surface area contributed by atoms with E-state index in [4.69, 9.17) is 6.42 Å². The summed E-state index contributed by atoms with van der Waals surface area (Å²) in [6, 6.07) is 5.69. The molecule has 1 saturated heterocycles. The average Bonchev–Trinajstić information content (AvgIpc) is 2.46. The second-order valence-electron chi connectivity index (χ2n) is 4.09. The van der Waals surface area contributed by atoms with Gasteiger partial charge in [0.2, 0.25) is 10.0 Å². The van der Waals surface area contributed by atoms with Gasteiger partial charge in [0.05, 0.1) is 5.41 Å². The van der Waals surface area contributed by atoms with Gasteiger partial charge in [-0.25, -0.2) is 13.4 Å². The van der Waals surface area contributed by atoms with E-state index in [1.807, 2.05) is 18.2 Å². The summed E-state index contributed by atoms with van der Waals surface area (Å²) < 4.78 is 25.2.